The molecule has 0 aliphatic carbocycles. The second-order valence-electron chi connectivity index (χ2n) is 4.12. The van der Waals surface area contributed by atoms with Crippen LogP contribution < -0.4 is 10.2 Å². The van der Waals surface area contributed by atoms with E-state index >= 15 is 0 Å². The Balaban J connectivity index is 2.67. The van der Waals surface area contributed by atoms with Gasteiger partial charge in [-0.3, -0.25) is 4.79 Å². The van der Waals surface area contributed by atoms with E-state index in [0.717, 1.165) is 5.56 Å². The van der Waals surface area contributed by atoms with Gasteiger partial charge in [0.05, 0.1) is 19.1 Å². The van der Waals surface area contributed by atoms with E-state index < -0.39 is 5.97 Å². The molecular weight excluding hydrogens is 246 g/mol. The lowest BCUT2D eigenvalue weighted by atomic mass is 10.1. The summed E-state index contributed by atoms with van der Waals surface area (Å²) in [5.74, 6) is -0.01000. The minimum Gasteiger partial charge on any atom is -0.496 e. The Morgan fingerprint density at radius 1 is 1.37 bits per heavy atom. The number of ether oxygens (including phenoxy) is 2. The SMILES string of the molecule is CCOC(=O)c1c[nH]c2cc(C)c(OC)cc2c1=O. The second-order valence-corrected chi connectivity index (χ2v) is 4.12. The van der Waals surface area contributed by atoms with Crippen LogP contribution in [-0.4, -0.2) is 24.7 Å². The summed E-state index contributed by atoms with van der Waals surface area (Å²) in [6.45, 7) is 3.81. The highest BCUT2D eigenvalue weighted by Crippen LogP contribution is 2.22. The Bertz CT molecular complexity index is 688. The Kier molecular flexibility index (Phi) is 3.55. The highest BCUT2D eigenvalue weighted by atomic mass is 16.5. The zero-order valence-electron chi connectivity index (χ0n) is 11.1. The van der Waals surface area contributed by atoms with Gasteiger partial charge in [-0.2, -0.15) is 0 Å². The van der Waals surface area contributed by atoms with E-state index in [1.807, 2.05) is 13.0 Å². The van der Waals surface area contributed by atoms with Crippen molar-refractivity contribution in [2.75, 3.05) is 13.7 Å². The van der Waals surface area contributed by atoms with Gasteiger partial charge in [-0.1, -0.05) is 0 Å². The molecule has 0 radical (unpaired) electrons. The number of hydrogen-bond acceptors (Lipinski definition) is 4. The molecule has 0 saturated carbocycles. The minimum absolute atomic E-state index is 0.000237. The van der Waals surface area contributed by atoms with Crippen LogP contribution in [0.4, 0.5) is 0 Å². The second kappa shape index (κ2) is 5.14. The average Bonchev–Trinajstić information content (AvgIpc) is 2.38. The minimum atomic E-state index is -0.620. The maximum absolute atomic E-state index is 12.2. The molecular formula is C14H15NO4. The van der Waals surface area contributed by atoms with Crippen LogP contribution >= 0.6 is 0 Å². The smallest absolute Gasteiger partial charge is 0.343 e. The lowest BCUT2D eigenvalue weighted by Crippen LogP contribution is -2.18. The number of pyridine rings is 1. The van der Waals surface area contributed by atoms with Crippen molar-refractivity contribution in [1.29, 1.82) is 0 Å². The highest BCUT2D eigenvalue weighted by Gasteiger charge is 2.15. The number of rotatable bonds is 3. The molecule has 1 heterocycles. The number of esters is 1. The molecule has 1 aromatic carbocycles. The first kappa shape index (κ1) is 13.1. The number of methoxy groups -OCH3 is 1. The maximum atomic E-state index is 12.2. The first-order chi connectivity index (χ1) is 9.08. The van der Waals surface area contributed by atoms with Gasteiger partial charge in [0, 0.05) is 11.7 Å². The molecule has 0 amide bonds. The number of fused-ring (bicyclic) bond motifs is 1. The Morgan fingerprint density at radius 2 is 2.11 bits per heavy atom. The number of carbonyl (C=O) groups is 1. The van der Waals surface area contributed by atoms with Gasteiger partial charge in [-0.25, -0.2) is 4.79 Å². The summed E-state index contributed by atoms with van der Waals surface area (Å²) in [6.07, 6.45) is 1.38. The van der Waals surface area contributed by atoms with Crippen molar-refractivity contribution < 1.29 is 14.3 Å². The van der Waals surface area contributed by atoms with Crippen molar-refractivity contribution in [3.05, 3.63) is 39.7 Å². The molecule has 2 aromatic rings. The van der Waals surface area contributed by atoms with Gasteiger partial charge >= 0.3 is 5.97 Å². The molecule has 2 rings (SSSR count). The highest BCUT2D eigenvalue weighted by molar-refractivity contribution is 5.94. The molecule has 1 aromatic heterocycles. The van der Waals surface area contributed by atoms with Crippen LogP contribution in [0.25, 0.3) is 10.9 Å². The lowest BCUT2D eigenvalue weighted by Gasteiger charge is -2.07. The fourth-order valence-electron chi connectivity index (χ4n) is 1.94. The van der Waals surface area contributed by atoms with E-state index in [9.17, 15) is 9.59 Å². The van der Waals surface area contributed by atoms with Crippen molar-refractivity contribution in [2.45, 2.75) is 13.8 Å². The maximum Gasteiger partial charge on any atom is 0.343 e. The van der Waals surface area contributed by atoms with E-state index in [2.05, 4.69) is 4.98 Å². The van der Waals surface area contributed by atoms with Crippen molar-refractivity contribution in [1.82, 2.24) is 4.98 Å². The molecule has 0 bridgehead atoms. The summed E-state index contributed by atoms with van der Waals surface area (Å²) in [4.78, 5) is 26.8. The summed E-state index contributed by atoms with van der Waals surface area (Å²) in [7, 11) is 1.54. The van der Waals surface area contributed by atoms with Crippen molar-refractivity contribution >= 4 is 16.9 Å². The number of benzene rings is 1. The topological polar surface area (TPSA) is 68.4 Å². The molecule has 5 heteroatoms. The van der Waals surface area contributed by atoms with Gasteiger partial charge in [-0.05, 0) is 31.5 Å². The number of aromatic nitrogens is 1. The Morgan fingerprint density at radius 3 is 2.74 bits per heavy atom. The van der Waals surface area contributed by atoms with Crippen LogP contribution in [0.1, 0.15) is 22.8 Å². The third-order valence-corrected chi connectivity index (χ3v) is 2.89. The summed E-state index contributed by atoms with van der Waals surface area (Å²) in [6, 6.07) is 3.44. The zero-order valence-corrected chi connectivity index (χ0v) is 11.1. The van der Waals surface area contributed by atoms with E-state index in [4.69, 9.17) is 9.47 Å². The average molecular weight is 261 g/mol. The number of nitrogens with one attached hydrogen (secondary N) is 1. The standard InChI is InChI=1S/C14H15NO4/c1-4-19-14(17)10-7-15-11-5-8(2)12(18-3)6-9(11)13(10)16/h5-7H,4H2,1-3H3,(H,15,16). The van der Waals surface area contributed by atoms with Crippen molar-refractivity contribution in [3.63, 3.8) is 0 Å². The molecule has 100 valence electrons. The van der Waals surface area contributed by atoms with Crippen LogP contribution in [0.15, 0.2) is 23.1 Å². The molecule has 19 heavy (non-hydrogen) atoms. The van der Waals surface area contributed by atoms with E-state index in [1.165, 1.54) is 13.3 Å². The number of carbonyl (C=O) groups excluding carboxylic acids is 1. The third-order valence-electron chi connectivity index (χ3n) is 2.89. The first-order valence-corrected chi connectivity index (χ1v) is 5.95. The largest absolute Gasteiger partial charge is 0.496 e. The molecule has 0 aliphatic heterocycles. The first-order valence-electron chi connectivity index (χ1n) is 5.95. The van der Waals surface area contributed by atoms with E-state index in [1.54, 1.807) is 13.0 Å². The molecule has 1 N–H and O–H groups in total. The van der Waals surface area contributed by atoms with Crippen LogP contribution in [-0.2, 0) is 4.74 Å². The monoisotopic (exact) mass is 261 g/mol. The molecule has 0 fully saturated rings. The summed E-state index contributed by atoms with van der Waals surface area (Å²) in [5.41, 5.74) is 1.22. The Hall–Kier alpha value is -2.30. The predicted molar refractivity (Wildman–Crippen MR) is 71.8 cm³/mol. The fourth-order valence-corrected chi connectivity index (χ4v) is 1.94. The van der Waals surface area contributed by atoms with Gasteiger partial charge in [0.25, 0.3) is 0 Å². The van der Waals surface area contributed by atoms with Gasteiger partial charge in [-0.15, -0.1) is 0 Å². The molecule has 0 spiro atoms. The van der Waals surface area contributed by atoms with Gasteiger partial charge in [0.15, 0.2) is 0 Å². The quantitative estimate of drug-likeness (QED) is 0.858. The summed E-state index contributed by atoms with van der Waals surface area (Å²) in [5, 5.41) is 0.410. The lowest BCUT2D eigenvalue weighted by molar-refractivity contribution is 0.0524. The molecule has 0 unspecified atom stereocenters. The number of aromatic amines is 1. The van der Waals surface area contributed by atoms with Crippen LogP contribution in [0.3, 0.4) is 0 Å². The van der Waals surface area contributed by atoms with Crippen LogP contribution in [0, 0.1) is 6.92 Å². The summed E-state index contributed by atoms with van der Waals surface area (Å²) < 4.78 is 10.0. The zero-order chi connectivity index (χ0) is 14.0. The van der Waals surface area contributed by atoms with Gasteiger partial charge < -0.3 is 14.5 Å². The normalized spacial score (nSPS) is 10.5. The van der Waals surface area contributed by atoms with Crippen molar-refractivity contribution in [2.24, 2.45) is 0 Å². The third kappa shape index (κ3) is 2.31. The van der Waals surface area contributed by atoms with Gasteiger partial charge in [0.1, 0.15) is 11.3 Å². The number of H-pyrrole nitrogens is 1. The van der Waals surface area contributed by atoms with Crippen LogP contribution in [0.5, 0.6) is 5.75 Å². The summed E-state index contributed by atoms with van der Waals surface area (Å²) >= 11 is 0. The Labute approximate surface area is 110 Å². The molecule has 0 saturated heterocycles. The van der Waals surface area contributed by atoms with E-state index in [-0.39, 0.29) is 17.6 Å². The van der Waals surface area contributed by atoms with Gasteiger partial charge in [0.2, 0.25) is 5.43 Å². The number of aryl methyl sites for hydroxylation is 1. The van der Waals surface area contributed by atoms with Crippen molar-refractivity contribution in [3.8, 4) is 5.75 Å². The van der Waals surface area contributed by atoms with E-state index in [0.29, 0.717) is 16.7 Å². The molecule has 0 atom stereocenters. The number of hydrogen-bond donors (Lipinski definition) is 1. The molecule has 5 nitrogen and oxygen atoms in total. The predicted octanol–water partition coefficient (Wildman–Crippen LogP) is 2.02. The molecule has 0 aliphatic rings. The fraction of sp³-hybridized carbons (Fsp3) is 0.286. The van der Waals surface area contributed by atoms with Crippen LogP contribution in [0.2, 0.25) is 0 Å².